The Morgan fingerprint density at radius 1 is 1.40 bits per heavy atom. The van der Waals surface area contributed by atoms with Crippen LogP contribution in [-0.4, -0.2) is 40.5 Å². The van der Waals surface area contributed by atoms with Gasteiger partial charge in [0.15, 0.2) is 5.69 Å². The van der Waals surface area contributed by atoms with Crippen molar-refractivity contribution in [1.82, 2.24) is 19.0 Å². The third-order valence-electron chi connectivity index (χ3n) is 4.17. The van der Waals surface area contributed by atoms with Crippen molar-refractivity contribution in [3.63, 3.8) is 0 Å². The Morgan fingerprint density at radius 3 is 2.76 bits per heavy atom. The fourth-order valence-corrected chi connectivity index (χ4v) is 4.51. The standard InChI is InChI=1S/C14H17F3N4O3S/c1-20-8-12(14(15,16)17)18-13(20)10-3-2-5-21(7-10)25(22,23)9-11-4-6-24-19-11/h4,6,8,10H,2-3,5,7,9H2,1H3. The minimum atomic E-state index is -4.52. The number of hydrogen-bond acceptors (Lipinski definition) is 5. The van der Waals surface area contributed by atoms with Crippen molar-refractivity contribution in [2.45, 2.75) is 30.7 Å². The van der Waals surface area contributed by atoms with Crippen molar-refractivity contribution >= 4 is 10.0 Å². The molecule has 0 N–H and O–H groups in total. The van der Waals surface area contributed by atoms with Crippen LogP contribution in [0.1, 0.15) is 36.0 Å². The third-order valence-corrected chi connectivity index (χ3v) is 5.95. The highest BCUT2D eigenvalue weighted by atomic mass is 32.2. The SMILES string of the molecule is Cn1cc(C(F)(F)F)nc1C1CCCN(S(=O)(=O)Cc2ccon2)C1. The van der Waals surface area contributed by atoms with E-state index in [1.807, 2.05) is 0 Å². The molecule has 1 atom stereocenters. The summed E-state index contributed by atoms with van der Waals surface area (Å²) in [5.74, 6) is -0.444. The van der Waals surface area contributed by atoms with E-state index in [4.69, 9.17) is 0 Å². The first-order valence-electron chi connectivity index (χ1n) is 7.64. The summed E-state index contributed by atoms with van der Waals surface area (Å²) in [5.41, 5.74) is -0.675. The first-order chi connectivity index (χ1) is 11.7. The Kier molecular flexibility index (Phi) is 4.62. The van der Waals surface area contributed by atoms with Crippen LogP contribution in [0, 0.1) is 0 Å². The van der Waals surface area contributed by atoms with Crippen LogP contribution < -0.4 is 0 Å². The van der Waals surface area contributed by atoms with E-state index in [9.17, 15) is 21.6 Å². The van der Waals surface area contributed by atoms with Crippen LogP contribution in [0.4, 0.5) is 13.2 Å². The summed E-state index contributed by atoms with van der Waals surface area (Å²) in [6.45, 7) is 0.426. The molecule has 0 bridgehead atoms. The van der Waals surface area contributed by atoms with Gasteiger partial charge in [0.1, 0.15) is 17.8 Å². The Balaban J connectivity index is 1.78. The number of aromatic nitrogens is 3. The molecule has 3 rings (SSSR count). The van der Waals surface area contributed by atoms with Crippen LogP contribution in [0.2, 0.25) is 0 Å². The molecular formula is C14H17F3N4O3S. The summed E-state index contributed by atoms with van der Waals surface area (Å²) in [7, 11) is -2.14. The molecule has 25 heavy (non-hydrogen) atoms. The summed E-state index contributed by atoms with van der Waals surface area (Å²) in [6.07, 6.45) is -1.17. The van der Waals surface area contributed by atoms with Crippen LogP contribution in [0.3, 0.4) is 0 Å². The minimum Gasteiger partial charge on any atom is -0.364 e. The molecule has 3 heterocycles. The van der Waals surface area contributed by atoms with E-state index < -0.39 is 21.9 Å². The maximum atomic E-state index is 12.8. The lowest BCUT2D eigenvalue weighted by molar-refractivity contribution is -0.141. The number of piperidine rings is 1. The molecule has 138 valence electrons. The molecule has 1 aliphatic heterocycles. The molecule has 1 aliphatic rings. The number of sulfonamides is 1. The summed E-state index contributed by atoms with van der Waals surface area (Å²) >= 11 is 0. The monoisotopic (exact) mass is 378 g/mol. The first-order valence-corrected chi connectivity index (χ1v) is 9.25. The minimum absolute atomic E-state index is 0.0995. The maximum Gasteiger partial charge on any atom is 0.434 e. The number of imidazole rings is 1. The van der Waals surface area contributed by atoms with Gasteiger partial charge in [-0.2, -0.15) is 13.2 Å². The zero-order chi connectivity index (χ0) is 18.2. The van der Waals surface area contributed by atoms with Crippen molar-refractivity contribution in [1.29, 1.82) is 0 Å². The lowest BCUT2D eigenvalue weighted by Crippen LogP contribution is -2.40. The van der Waals surface area contributed by atoms with Crippen LogP contribution in [0.5, 0.6) is 0 Å². The molecule has 11 heteroatoms. The molecule has 1 unspecified atom stereocenters. The van der Waals surface area contributed by atoms with Gasteiger partial charge in [-0.1, -0.05) is 5.16 Å². The van der Waals surface area contributed by atoms with Gasteiger partial charge in [0.25, 0.3) is 0 Å². The summed E-state index contributed by atoms with van der Waals surface area (Å²) in [4.78, 5) is 3.69. The molecule has 0 saturated carbocycles. The third kappa shape index (κ3) is 3.87. The van der Waals surface area contributed by atoms with E-state index in [0.717, 1.165) is 6.20 Å². The zero-order valence-electron chi connectivity index (χ0n) is 13.4. The van der Waals surface area contributed by atoms with E-state index in [-0.39, 0.29) is 24.0 Å². The second-order valence-corrected chi connectivity index (χ2v) is 8.01. The predicted molar refractivity (Wildman–Crippen MR) is 80.9 cm³/mol. The second-order valence-electron chi connectivity index (χ2n) is 6.04. The zero-order valence-corrected chi connectivity index (χ0v) is 14.2. The predicted octanol–water partition coefficient (Wildman–Crippen LogP) is 2.14. The topological polar surface area (TPSA) is 81.2 Å². The van der Waals surface area contributed by atoms with Gasteiger partial charge in [-0.25, -0.2) is 17.7 Å². The molecule has 0 amide bonds. The number of aryl methyl sites for hydroxylation is 1. The number of alkyl halides is 3. The van der Waals surface area contributed by atoms with Gasteiger partial charge < -0.3 is 9.09 Å². The summed E-state index contributed by atoms with van der Waals surface area (Å²) in [5, 5.41) is 3.60. The molecule has 0 aromatic carbocycles. The molecule has 0 spiro atoms. The van der Waals surface area contributed by atoms with E-state index in [1.165, 1.54) is 28.2 Å². The normalized spacial score (nSPS) is 20.1. The highest BCUT2D eigenvalue weighted by molar-refractivity contribution is 7.88. The highest BCUT2D eigenvalue weighted by Crippen LogP contribution is 2.33. The Bertz CT molecular complexity index is 830. The molecular weight excluding hydrogens is 361 g/mol. The maximum absolute atomic E-state index is 12.8. The van der Waals surface area contributed by atoms with Gasteiger partial charge in [0.05, 0.1) is 5.69 Å². The Hall–Kier alpha value is -1.88. The van der Waals surface area contributed by atoms with Crippen molar-refractivity contribution < 1.29 is 26.1 Å². The largest absolute Gasteiger partial charge is 0.434 e. The average Bonchev–Trinajstić information content (AvgIpc) is 3.16. The van der Waals surface area contributed by atoms with Gasteiger partial charge in [-0.15, -0.1) is 0 Å². The fourth-order valence-electron chi connectivity index (χ4n) is 2.99. The van der Waals surface area contributed by atoms with Crippen molar-refractivity contribution in [3.05, 3.63) is 35.7 Å². The number of hydrogen-bond donors (Lipinski definition) is 0. The molecule has 2 aromatic heterocycles. The Morgan fingerprint density at radius 2 is 2.16 bits per heavy atom. The van der Waals surface area contributed by atoms with Crippen LogP contribution in [-0.2, 0) is 29.0 Å². The van der Waals surface area contributed by atoms with Gasteiger partial charge in [-0.05, 0) is 12.8 Å². The van der Waals surface area contributed by atoms with E-state index in [0.29, 0.717) is 25.1 Å². The van der Waals surface area contributed by atoms with Crippen molar-refractivity contribution in [3.8, 4) is 0 Å². The fraction of sp³-hybridized carbons (Fsp3) is 0.571. The van der Waals surface area contributed by atoms with Crippen LogP contribution >= 0.6 is 0 Å². The summed E-state index contributed by atoms with van der Waals surface area (Å²) < 4.78 is 70.8. The average molecular weight is 378 g/mol. The smallest absolute Gasteiger partial charge is 0.364 e. The first kappa shape index (κ1) is 17.9. The van der Waals surface area contributed by atoms with Gasteiger partial charge >= 0.3 is 6.18 Å². The highest BCUT2D eigenvalue weighted by Gasteiger charge is 2.37. The molecule has 0 aliphatic carbocycles. The lowest BCUT2D eigenvalue weighted by Gasteiger charge is -2.31. The quantitative estimate of drug-likeness (QED) is 0.814. The van der Waals surface area contributed by atoms with E-state index >= 15 is 0 Å². The van der Waals surface area contributed by atoms with Crippen LogP contribution in [0.25, 0.3) is 0 Å². The molecule has 1 saturated heterocycles. The molecule has 2 aromatic rings. The van der Waals surface area contributed by atoms with Gasteiger partial charge in [0, 0.05) is 38.3 Å². The lowest BCUT2D eigenvalue weighted by atomic mass is 9.99. The molecule has 7 nitrogen and oxygen atoms in total. The molecule has 0 radical (unpaired) electrons. The van der Waals surface area contributed by atoms with E-state index in [1.54, 1.807) is 0 Å². The van der Waals surface area contributed by atoms with Gasteiger partial charge in [-0.3, -0.25) is 0 Å². The van der Waals surface area contributed by atoms with Gasteiger partial charge in [0.2, 0.25) is 10.0 Å². The van der Waals surface area contributed by atoms with Crippen molar-refractivity contribution in [2.75, 3.05) is 13.1 Å². The van der Waals surface area contributed by atoms with Crippen molar-refractivity contribution in [2.24, 2.45) is 7.05 Å². The van der Waals surface area contributed by atoms with Crippen LogP contribution in [0.15, 0.2) is 23.0 Å². The summed E-state index contributed by atoms with van der Waals surface area (Å²) in [6, 6.07) is 1.47. The Labute approximate surface area is 142 Å². The molecule has 1 fully saturated rings. The van der Waals surface area contributed by atoms with E-state index in [2.05, 4.69) is 14.7 Å². The number of halogens is 3. The number of nitrogens with zero attached hydrogens (tertiary/aromatic N) is 4. The second kappa shape index (κ2) is 6.45. The number of rotatable bonds is 4.